The normalized spacial score (nSPS) is 17.5. The molecule has 1 unspecified atom stereocenters. The summed E-state index contributed by atoms with van der Waals surface area (Å²) in [6.07, 6.45) is -2.37. The number of hydrogen-bond donors (Lipinski definition) is 3. The molecule has 4 N–H and O–H groups in total. The predicted molar refractivity (Wildman–Crippen MR) is 139 cm³/mol. The van der Waals surface area contributed by atoms with E-state index in [2.05, 4.69) is 15.6 Å². The molecule has 0 radical (unpaired) electrons. The van der Waals surface area contributed by atoms with Gasteiger partial charge in [-0.3, -0.25) is 4.79 Å². The number of allylic oxidation sites excluding steroid dienone is 2. The Morgan fingerprint density at radius 1 is 1.03 bits per heavy atom. The van der Waals surface area contributed by atoms with Gasteiger partial charge in [-0.15, -0.1) is 0 Å². The average Bonchev–Trinajstić information content (AvgIpc) is 2.89. The molecule has 1 aromatic heterocycles. The fraction of sp³-hybridized carbons (Fsp3) is 0.214. The zero-order chi connectivity index (χ0) is 26.5. The number of benzene rings is 2. The molecule has 192 valence electrons. The number of nitrogens with two attached hydrogens (primary N) is 1. The van der Waals surface area contributed by atoms with Gasteiger partial charge in [-0.25, -0.2) is 4.98 Å². The molecule has 0 aliphatic heterocycles. The van der Waals surface area contributed by atoms with E-state index in [1.807, 2.05) is 12.1 Å². The maximum Gasteiger partial charge on any atom is 0.421 e. The first-order valence-corrected chi connectivity index (χ1v) is 11.7. The van der Waals surface area contributed by atoms with Crippen molar-refractivity contribution in [2.45, 2.75) is 24.6 Å². The van der Waals surface area contributed by atoms with Gasteiger partial charge in [-0.1, -0.05) is 42.5 Å². The Morgan fingerprint density at radius 2 is 1.73 bits per heavy atom. The van der Waals surface area contributed by atoms with Crippen LogP contribution >= 0.6 is 0 Å². The van der Waals surface area contributed by atoms with E-state index in [1.54, 1.807) is 60.7 Å². The van der Waals surface area contributed by atoms with E-state index >= 15 is 0 Å². The molecule has 0 spiro atoms. The van der Waals surface area contributed by atoms with Crippen molar-refractivity contribution in [3.8, 4) is 0 Å². The summed E-state index contributed by atoms with van der Waals surface area (Å²) in [5.41, 5.74) is 6.32. The van der Waals surface area contributed by atoms with Crippen LogP contribution in [0.4, 0.5) is 30.4 Å². The monoisotopic (exact) mass is 508 g/mol. The average molecular weight is 509 g/mol. The number of anilines is 3. The lowest BCUT2D eigenvalue weighted by Crippen LogP contribution is -2.47. The first-order chi connectivity index (χ1) is 17.7. The Kier molecular flexibility index (Phi) is 7.63. The Hall–Kier alpha value is -4.11. The zero-order valence-electron chi connectivity index (χ0n) is 20.2. The number of carbonyl (C=O) groups excluding carboxylic acids is 1. The molecule has 3 aromatic rings. The summed E-state index contributed by atoms with van der Waals surface area (Å²) in [5.74, 6) is -0.156. The number of nitrogen functional groups attached to an aromatic ring is 1. The van der Waals surface area contributed by atoms with Crippen molar-refractivity contribution in [3.05, 3.63) is 102 Å². The highest BCUT2D eigenvalue weighted by molar-refractivity contribution is 6.10. The lowest BCUT2D eigenvalue weighted by atomic mass is 9.82. The van der Waals surface area contributed by atoms with Crippen LogP contribution in [0.25, 0.3) is 5.57 Å². The standard InChI is InChI=1S/C28H27F3N4O2/c1-37-27(28(29,30)31)16-14-23(19-6-3-2-4-7-19)24(18-27)26(36)35-22-12-10-20(11-13-22)33-17-15-21-8-5-9-25(32)34-21/h2-14,16,33H,15,17-18H2,1H3,(H2,32,34)(H,35,36). The number of aromatic nitrogens is 1. The Labute approximate surface area is 213 Å². The first kappa shape index (κ1) is 26.0. The number of rotatable bonds is 8. The smallest absolute Gasteiger partial charge is 0.385 e. The highest BCUT2D eigenvalue weighted by Crippen LogP contribution is 2.44. The largest absolute Gasteiger partial charge is 0.421 e. The predicted octanol–water partition coefficient (Wildman–Crippen LogP) is 5.62. The van der Waals surface area contributed by atoms with Gasteiger partial charge in [0.15, 0.2) is 5.60 Å². The summed E-state index contributed by atoms with van der Waals surface area (Å²) in [7, 11) is 0.995. The number of amides is 1. The maximum atomic E-state index is 13.9. The molecule has 1 aliphatic rings. The molecule has 6 nitrogen and oxygen atoms in total. The van der Waals surface area contributed by atoms with Crippen LogP contribution in [-0.4, -0.2) is 36.3 Å². The molecule has 1 heterocycles. The van der Waals surface area contributed by atoms with Gasteiger partial charge < -0.3 is 21.1 Å². The fourth-order valence-corrected chi connectivity index (χ4v) is 4.13. The van der Waals surface area contributed by atoms with E-state index in [0.29, 0.717) is 35.6 Å². The minimum absolute atomic E-state index is 0.00953. The van der Waals surface area contributed by atoms with E-state index in [9.17, 15) is 18.0 Å². The second kappa shape index (κ2) is 10.9. The second-order valence-electron chi connectivity index (χ2n) is 8.62. The van der Waals surface area contributed by atoms with Gasteiger partial charge >= 0.3 is 6.18 Å². The van der Waals surface area contributed by atoms with Gasteiger partial charge in [0.1, 0.15) is 5.82 Å². The number of nitrogens with one attached hydrogen (secondary N) is 2. The van der Waals surface area contributed by atoms with Crippen LogP contribution in [0.3, 0.4) is 0 Å². The van der Waals surface area contributed by atoms with Gasteiger partial charge in [0.25, 0.3) is 5.91 Å². The van der Waals surface area contributed by atoms with Crippen molar-refractivity contribution in [3.63, 3.8) is 0 Å². The van der Waals surface area contributed by atoms with E-state index in [-0.39, 0.29) is 5.57 Å². The van der Waals surface area contributed by atoms with Crippen molar-refractivity contribution < 1.29 is 22.7 Å². The third-order valence-electron chi connectivity index (χ3n) is 6.17. The van der Waals surface area contributed by atoms with Crippen molar-refractivity contribution in [2.75, 3.05) is 30.0 Å². The van der Waals surface area contributed by atoms with Crippen LogP contribution in [0, 0.1) is 0 Å². The molecule has 4 rings (SSSR count). The number of methoxy groups -OCH3 is 1. The third kappa shape index (κ3) is 6.00. The molecule has 1 aliphatic carbocycles. The molecule has 0 bridgehead atoms. The van der Waals surface area contributed by atoms with Crippen LogP contribution in [0.5, 0.6) is 0 Å². The van der Waals surface area contributed by atoms with Crippen LogP contribution < -0.4 is 16.4 Å². The van der Waals surface area contributed by atoms with Crippen molar-refractivity contribution in [1.82, 2.24) is 4.98 Å². The summed E-state index contributed by atoms with van der Waals surface area (Å²) in [5, 5.41) is 6.00. The van der Waals surface area contributed by atoms with Crippen molar-refractivity contribution in [1.29, 1.82) is 0 Å². The molecule has 1 atom stereocenters. The molecular weight excluding hydrogens is 481 g/mol. The van der Waals surface area contributed by atoms with E-state index in [1.165, 1.54) is 6.08 Å². The number of nitrogens with zero attached hydrogens (tertiary/aromatic N) is 1. The summed E-state index contributed by atoms with van der Waals surface area (Å²) in [4.78, 5) is 17.5. The van der Waals surface area contributed by atoms with Crippen LogP contribution in [-0.2, 0) is 16.0 Å². The summed E-state index contributed by atoms with van der Waals surface area (Å²) >= 11 is 0. The zero-order valence-corrected chi connectivity index (χ0v) is 20.2. The Bertz CT molecular complexity index is 1310. The molecule has 0 saturated carbocycles. The van der Waals surface area contributed by atoms with Gasteiger partial charge in [-0.05, 0) is 53.6 Å². The van der Waals surface area contributed by atoms with Crippen molar-refractivity contribution >= 4 is 28.7 Å². The summed E-state index contributed by atoms with van der Waals surface area (Å²) in [6.45, 7) is 0.623. The highest BCUT2D eigenvalue weighted by Gasteiger charge is 2.55. The number of alkyl halides is 3. The number of halogens is 3. The van der Waals surface area contributed by atoms with Gasteiger partial charge in [0.2, 0.25) is 0 Å². The van der Waals surface area contributed by atoms with E-state index in [4.69, 9.17) is 10.5 Å². The molecule has 0 fully saturated rings. The SMILES string of the molecule is COC1(C(F)(F)F)C=CC(c2ccccc2)=C(C(=O)Nc2ccc(NCCc3cccc(N)n3)cc2)C1. The Morgan fingerprint density at radius 3 is 2.38 bits per heavy atom. The lowest BCUT2D eigenvalue weighted by Gasteiger charge is -2.35. The fourth-order valence-electron chi connectivity index (χ4n) is 4.13. The minimum atomic E-state index is -4.69. The number of ether oxygens (including phenoxy) is 1. The molecule has 2 aromatic carbocycles. The molecule has 0 saturated heterocycles. The van der Waals surface area contributed by atoms with Gasteiger partial charge in [-0.2, -0.15) is 13.2 Å². The van der Waals surface area contributed by atoms with Crippen molar-refractivity contribution in [2.24, 2.45) is 0 Å². The Balaban J connectivity index is 1.49. The summed E-state index contributed by atoms with van der Waals surface area (Å²) < 4.78 is 46.7. The minimum Gasteiger partial charge on any atom is -0.385 e. The molecule has 9 heteroatoms. The topological polar surface area (TPSA) is 89.3 Å². The number of carbonyl (C=O) groups is 1. The second-order valence-corrected chi connectivity index (χ2v) is 8.62. The number of pyridine rings is 1. The highest BCUT2D eigenvalue weighted by atomic mass is 19.4. The van der Waals surface area contributed by atoms with Gasteiger partial charge in [0.05, 0.1) is 0 Å². The molecule has 1 amide bonds. The van der Waals surface area contributed by atoms with Gasteiger partial charge in [0, 0.05) is 49.1 Å². The van der Waals surface area contributed by atoms with Crippen LogP contribution in [0.15, 0.2) is 90.5 Å². The quantitative estimate of drug-likeness (QED) is 0.368. The number of hydrogen-bond acceptors (Lipinski definition) is 5. The first-order valence-electron chi connectivity index (χ1n) is 11.7. The van der Waals surface area contributed by atoms with Crippen LogP contribution in [0.1, 0.15) is 17.7 Å². The maximum absolute atomic E-state index is 13.9. The van der Waals surface area contributed by atoms with E-state index in [0.717, 1.165) is 24.6 Å². The molecular formula is C28H27F3N4O2. The lowest BCUT2D eigenvalue weighted by molar-refractivity contribution is -0.248. The molecule has 37 heavy (non-hydrogen) atoms. The summed E-state index contributed by atoms with van der Waals surface area (Å²) in [6, 6.07) is 21.2. The van der Waals surface area contributed by atoms with E-state index < -0.39 is 24.1 Å². The van der Waals surface area contributed by atoms with Crippen LogP contribution in [0.2, 0.25) is 0 Å². The third-order valence-corrected chi connectivity index (χ3v) is 6.17.